The maximum atomic E-state index is 9.60. The molecule has 0 saturated carbocycles. The molecule has 10 N–H and O–H groups in total. The van der Waals surface area contributed by atoms with Crippen molar-refractivity contribution in [3.05, 3.63) is 188 Å². The lowest BCUT2D eigenvalue weighted by Gasteiger charge is -2.30. The highest BCUT2D eigenvalue weighted by Gasteiger charge is 2.16. The molecule has 0 unspecified atom stereocenters. The molecule has 0 aliphatic heterocycles. The molecular weight excluding hydrogens is 1140 g/mol. The van der Waals surface area contributed by atoms with Gasteiger partial charge in [0.1, 0.15) is 28.7 Å². The highest BCUT2D eigenvalue weighted by Crippen LogP contribution is 2.28. The molecule has 0 aliphatic carbocycles. The molecule has 496 valence electrons. The van der Waals surface area contributed by atoms with Gasteiger partial charge in [-0.2, -0.15) is 0 Å². The Kier molecular flexibility index (Phi) is 29.6. The van der Waals surface area contributed by atoms with E-state index in [4.69, 9.17) is 0 Å². The number of fused-ring (bicyclic) bond motifs is 5. The molecule has 0 bridgehead atoms. The van der Waals surface area contributed by atoms with Gasteiger partial charge in [0.05, 0.1) is 0 Å². The number of rotatable bonds is 29. The van der Waals surface area contributed by atoms with Crippen molar-refractivity contribution in [2.24, 2.45) is 0 Å². The van der Waals surface area contributed by atoms with Crippen molar-refractivity contribution in [3.63, 3.8) is 0 Å². The van der Waals surface area contributed by atoms with E-state index in [1.807, 2.05) is 91.3 Å². The third kappa shape index (κ3) is 22.0. The fourth-order valence-electron chi connectivity index (χ4n) is 12.0. The smallest absolute Gasteiger partial charge is 0.116 e. The van der Waals surface area contributed by atoms with Crippen LogP contribution in [0.25, 0.3) is 54.5 Å². The topological polar surface area (TPSA) is 196 Å². The molecule has 5 aromatic heterocycles. The van der Waals surface area contributed by atoms with Gasteiger partial charge in [0.15, 0.2) is 0 Å². The Bertz CT molecular complexity index is 3780. The van der Waals surface area contributed by atoms with Crippen molar-refractivity contribution in [3.8, 4) is 28.7 Å². The van der Waals surface area contributed by atoms with Gasteiger partial charge in [-0.05, 0) is 232 Å². The molecule has 5 aromatic carbocycles. The van der Waals surface area contributed by atoms with Crippen molar-refractivity contribution < 1.29 is 25.5 Å². The Hall–Kier alpha value is -8.18. The lowest BCUT2D eigenvalue weighted by Crippen LogP contribution is -2.38. The lowest BCUT2D eigenvalue weighted by atomic mass is 10.1. The molecule has 10 rings (SSSR count). The number of hydrogen-bond donors (Lipinski definition) is 10. The SMILES string of the molecule is C=CCN(C)CCc1c[nH]c2ccc(O)cc12.C=CCN(CC=C)CCc1c[nH]c2ccc(O)cc12.CC(C)N(CCc1c[nH]c2ccc(O)cc12)C(C)C.CCCN(CCC)CCc1c[nH]c2ccc(O)cc12.CCN(CCc1c[nH]c2ccc(O)cc12)C(C)C. The molecule has 0 atom stereocenters. The summed E-state index contributed by atoms with van der Waals surface area (Å²) in [7, 11) is 2.08. The fourth-order valence-corrected chi connectivity index (χ4v) is 12.0. The van der Waals surface area contributed by atoms with Crippen molar-refractivity contribution in [1.29, 1.82) is 0 Å². The summed E-state index contributed by atoms with van der Waals surface area (Å²) in [6.45, 7) is 42.5. The highest BCUT2D eigenvalue weighted by atomic mass is 16.3. The van der Waals surface area contributed by atoms with Crippen LogP contribution in [0.5, 0.6) is 28.7 Å². The maximum Gasteiger partial charge on any atom is 0.116 e. The summed E-state index contributed by atoms with van der Waals surface area (Å²) in [6.07, 6.45) is 23.3. The van der Waals surface area contributed by atoms with Crippen molar-refractivity contribution in [2.75, 3.05) is 79.0 Å². The third-order valence-corrected chi connectivity index (χ3v) is 17.0. The average Bonchev–Trinajstić information content (AvgIpc) is 1.96. The number of phenols is 5. The van der Waals surface area contributed by atoms with E-state index >= 15 is 0 Å². The minimum atomic E-state index is 0.308. The number of aromatic amines is 5. The number of aromatic nitrogens is 5. The van der Waals surface area contributed by atoms with Gasteiger partial charge in [0.25, 0.3) is 0 Å². The number of hydrogen-bond acceptors (Lipinski definition) is 10. The van der Waals surface area contributed by atoms with E-state index in [2.05, 4.69) is 157 Å². The highest BCUT2D eigenvalue weighted by molar-refractivity contribution is 5.87. The largest absolute Gasteiger partial charge is 0.508 e. The summed E-state index contributed by atoms with van der Waals surface area (Å²) >= 11 is 0. The summed E-state index contributed by atoms with van der Waals surface area (Å²) in [6, 6.07) is 29.0. The predicted molar refractivity (Wildman–Crippen MR) is 389 cm³/mol. The lowest BCUT2D eigenvalue weighted by molar-refractivity contribution is 0.177. The molecule has 0 saturated heterocycles. The molecule has 0 fully saturated rings. The van der Waals surface area contributed by atoms with Crippen LogP contribution in [-0.4, -0.2) is 172 Å². The van der Waals surface area contributed by atoms with Gasteiger partial charge in [0, 0.05) is 156 Å². The standard InChI is InChI=1S/2C16H24N2O.C16H20N2O.C15H22N2O.C14H18N2O/c1-11(2)18(12(3)4)8-7-13-10-17-16-6-5-14(19)9-15(13)16;2*1-3-8-18(9-4-2)10-7-13-12-17-16-6-5-14(19)11-15(13)16;1-4-17(11(2)3)8-7-12-10-16-15-6-5-13(18)9-14(12)15;1-3-7-16(2)8-6-11-10-15-14-5-4-12(17)9-13(11)14/h5-6,9-12,17,19H,7-8H2,1-4H3;5-6,11-12,17,19H,3-4,7-10H2,1-2H3;3-6,11-12,17,19H,1-2,7-10H2;5-6,9-11,16,18H,4,7-8H2,1-3H3;3-5,9-10,15,17H,1,6-8H2,2H3. The van der Waals surface area contributed by atoms with Crippen molar-refractivity contribution in [2.45, 2.75) is 125 Å². The minimum absolute atomic E-state index is 0.308. The zero-order valence-electron chi connectivity index (χ0n) is 56.8. The maximum absolute atomic E-state index is 9.60. The summed E-state index contributed by atoms with van der Waals surface area (Å²) in [5.74, 6) is 1.63. The zero-order chi connectivity index (χ0) is 66.7. The second-order valence-corrected chi connectivity index (χ2v) is 24.8. The summed E-state index contributed by atoms with van der Waals surface area (Å²) in [5, 5.41) is 53.4. The van der Waals surface area contributed by atoms with E-state index in [0.717, 1.165) is 146 Å². The van der Waals surface area contributed by atoms with Crippen LogP contribution in [0.3, 0.4) is 0 Å². The number of H-pyrrole nitrogens is 5. The van der Waals surface area contributed by atoms with Crippen LogP contribution in [0.1, 0.15) is 103 Å². The van der Waals surface area contributed by atoms with Gasteiger partial charge in [-0.15, -0.1) is 19.7 Å². The van der Waals surface area contributed by atoms with Crippen LogP contribution in [0.2, 0.25) is 0 Å². The first-order valence-electron chi connectivity index (χ1n) is 33.2. The number of aromatic hydroxyl groups is 5. The van der Waals surface area contributed by atoms with Crippen LogP contribution in [0, 0.1) is 0 Å². The first kappa shape index (κ1) is 72.9. The molecule has 92 heavy (non-hydrogen) atoms. The van der Waals surface area contributed by atoms with Crippen LogP contribution in [0.4, 0.5) is 0 Å². The van der Waals surface area contributed by atoms with Gasteiger partial charge >= 0.3 is 0 Å². The second-order valence-electron chi connectivity index (χ2n) is 24.8. The van der Waals surface area contributed by atoms with E-state index in [0.29, 0.717) is 46.9 Å². The number of nitrogens with one attached hydrogen (secondary N) is 5. The van der Waals surface area contributed by atoms with Gasteiger partial charge < -0.3 is 65.2 Å². The third-order valence-electron chi connectivity index (χ3n) is 17.0. The zero-order valence-corrected chi connectivity index (χ0v) is 56.8. The number of nitrogens with zero attached hydrogens (tertiary/aromatic N) is 5. The molecule has 0 amide bonds. The Labute approximate surface area is 547 Å². The van der Waals surface area contributed by atoms with Crippen molar-refractivity contribution in [1.82, 2.24) is 49.4 Å². The van der Waals surface area contributed by atoms with Gasteiger partial charge in [-0.3, -0.25) is 9.80 Å². The van der Waals surface area contributed by atoms with E-state index in [1.54, 1.807) is 30.3 Å². The molecular formula is C77H108N10O5. The quantitative estimate of drug-likeness (QED) is 0.0202. The molecule has 0 radical (unpaired) electrons. The predicted octanol–water partition coefficient (Wildman–Crippen LogP) is 15.8. The molecule has 0 spiro atoms. The Morgan fingerprint density at radius 1 is 0.370 bits per heavy atom. The fraction of sp³-hybridized carbons (Fsp3) is 0.403. The Balaban J connectivity index is 0.000000183. The monoisotopic (exact) mass is 1250 g/mol. The summed E-state index contributed by atoms with van der Waals surface area (Å²) < 4.78 is 0. The molecule has 0 aliphatic rings. The first-order valence-corrected chi connectivity index (χ1v) is 33.2. The van der Waals surface area contributed by atoms with E-state index in [-0.39, 0.29) is 0 Å². The number of phenolic OH excluding ortho intramolecular Hbond substituents is 5. The molecule has 5 heterocycles. The molecule has 15 nitrogen and oxygen atoms in total. The Morgan fingerprint density at radius 2 is 0.663 bits per heavy atom. The van der Waals surface area contributed by atoms with Gasteiger partial charge in [-0.1, -0.05) is 39.0 Å². The second kappa shape index (κ2) is 37.4. The first-order chi connectivity index (χ1) is 44.3. The number of likely N-dealkylation sites (N-methyl/N-ethyl adjacent to an activating group) is 2. The summed E-state index contributed by atoms with van der Waals surface area (Å²) in [5.41, 5.74) is 11.7. The van der Waals surface area contributed by atoms with Gasteiger partial charge in [0.2, 0.25) is 0 Å². The normalized spacial score (nSPS) is 11.5. The van der Waals surface area contributed by atoms with Crippen LogP contribution in [-0.2, 0) is 32.1 Å². The van der Waals surface area contributed by atoms with Crippen LogP contribution >= 0.6 is 0 Å². The number of benzene rings is 5. The van der Waals surface area contributed by atoms with E-state index < -0.39 is 0 Å². The average molecular weight is 1250 g/mol. The van der Waals surface area contributed by atoms with Crippen LogP contribution in [0.15, 0.2) is 160 Å². The molecule has 10 aromatic rings. The van der Waals surface area contributed by atoms with E-state index in [1.165, 1.54) is 53.7 Å². The Morgan fingerprint density at radius 3 is 0.946 bits per heavy atom. The van der Waals surface area contributed by atoms with Crippen molar-refractivity contribution >= 4 is 54.5 Å². The minimum Gasteiger partial charge on any atom is -0.508 e. The molecule has 15 heteroatoms. The summed E-state index contributed by atoms with van der Waals surface area (Å²) in [4.78, 5) is 28.2. The van der Waals surface area contributed by atoms with E-state index in [9.17, 15) is 25.5 Å². The van der Waals surface area contributed by atoms with Crippen LogP contribution < -0.4 is 0 Å². The van der Waals surface area contributed by atoms with Gasteiger partial charge in [-0.25, -0.2) is 0 Å².